The molecule has 3 nitrogen and oxygen atoms in total. The third kappa shape index (κ3) is 2.27. The number of aromatic nitrogens is 2. The highest BCUT2D eigenvalue weighted by atomic mass is 35.5. The summed E-state index contributed by atoms with van der Waals surface area (Å²) in [6.07, 6.45) is 4.27. The summed E-state index contributed by atoms with van der Waals surface area (Å²) in [6, 6.07) is 0. The molecule has 0 aliphatic rings. The predicted molar refractivity (Wildman–Crippen MR) is 46.3 cm³/mol. The van der Waals surface area contributed by atoms with E-state index in [1.165, 1.54) is 12.4 Å². The molecule has 0 unspecified atom stereocenters. The molecule has 0 bridgehead atoms. The molecular weight excluding hydrogens is 176 g/mol. The van der Waals surface area contributed by atoms with Crippen LogP contribution in [0.5, 0.6) is 0 Å². The van der Waals surface area contributed by atoms with Gasteiger partial charge >= 0.3 is 0 Å². The molecule has 0 aromatic carbocycles. The standard InChI is InChI=1S/C8H9ClN2O/c1-2-3-7(12)6-4-10-8(9)11-5-6/h4-5H,2-3H2,1H3. The van der Waals surface area contributed by atoms with Crippen molar-refractivity contribution in [2.75, 3.05) is 0 Å². The summed E-state index contributed by atoms with van der Waals surface area (Å²) in [5, 5.41) is 0.169. The van der Waals surface area contributed by atoms with Gasteiger partial charge in [0, 0.05) is 18.8 Å². The summed E-state index contributed by atoms with van der Waals surface area (Å²) in [5.41, 5.74) is 0.529. The summed E-state index contributed by atoms with van der Waals surface area (Å²) in [5.74, 6) is 0.0640. The molecule has 0 amide bonds. The number of rotatable bonds is 3. The molecule has 0 atom stereocenters. The summed E-state index contributed by atoms with van der Waals surface area (Å²) in [4.78, 5) is 18.7. The molecule has 0 fully saturated rings. The van der Waals surface area contributed by atoms with E-state index in [9.17, 15) is 4.79 Å². The molecule has 12 heavy (non-hydrogen) atoms. The lowest BCUT2D eigenvalue weighted by atomic mass is 10.1. The molecular formula is C8H9ClN2O. The van der Waals surface area contributed by atoms with Crippen LogP contribution in [0.1, 0.15) is 30.1 Å². The normalized spacial score (nSPS) is 9.83. The largest absolute Gasteiger partial charge is 0.294 e. The van der Waals surface area contributed by atoms with Gasteiger partial charge < -0.3 is 0 Å². The number of carbonyl (C=O) groups is 1. The van der Waals surface area contributed by atoms with Crippen molar-refractivity contribution in [2.24, 2.45) is 0 Å². The number of ketones is 1. The Morgan fingerprint density at radius 3 is 2.58 bits per heavy atom. The number of carbonyl (C=O) groups excluding carboxylic acids is 1. The van der Waals surface area contributed by atoms with Crippen molar-refractivity contribution in [1.82, 2.24) is 9.97 Å². The van der Waals surface area contributed by atoms with Crippen LogP contribution < -0.4 is 0 Å². The van der Waals surface area contributed by atoms with E-state index >= 15 is 0 Å². The average Bonchev–Trinajstić information content (AvgIpc) is 2.06. The SMILES string of the molecule is CCCC(=O)c1cnc(Cl)nc1. The Labute approximate surface area is 75.8 Å². The average molecular weight is 185 g/mol. The molecule has 1 aromatic rings. The Morgan fingerprint density at radius 2 is 2.08 bits per heavy atom. The van der Waals surface area contributed by atoms with Crippen LogP contribution in [-0.2, 0) is 0 Å². The number of nitrogens with zero attached hydrogens (tertiary/aromatic N) is 2. The first-order valence-corrected chi connectivity index (χ1v) is 4.12. The Hall–Kier alpha value is -0.960. The highest BCUT2D eigenvalue weighted by Gasteiger charge is 2.04. The van der Waals surface area contributed by atoms with Gasteiger partial charge in [0.05, 0.1) is 5.56 Å². The van der Waals surface area contributed by atoms with Crippen molar-refractivity contribution in [3.63, 3.8) is 0 Å². The number of hydrogen-bond acceptors (Lipinski definition) is 3. The van der Waals surface area contributed by atoms with Crippen LogP contribution in [0.25, 0.3) is 0 Å². The van der Waals surface area contributed by atoms with Crippen LogP contribution in [0.2, 0.25) is 5.28 Å². The van der Waals surface area contributed by atoms with Gasteiger partial charge in [0.1, 0.15) is 0 Å². The molecule has 4 heteroatoms. The Kier molecular flexibility index (Phi) is 3.17. The summed E-state index contributed by atoms with van der Waals surface area (Å²) >= 11 is 5.46. The quantitative estimate of drug-likeness (QED) is 0.534. The minimum absolute atomic E-state index is 0.0640. The number of hydrogen-bond donors (Lipinski definition) is 0. The van der Waals surface area contributed by atoms with Gasteiger partial charge in [-0.3, -0.25) is 4.79 Å². The van der Waals surface area contributed by atoms with Gasteiger partial charge in [-0.15, -0.1) is 0 Å². The Balaban J connectivity index is 2.75. The molecule has 1 aromatic heterocycles. The molecule has 0 spiro atoms. The van der Waals surface area contributed by atoms with Crippen LogP contribution in [0.15, 0.2) is 12.4 Å². The second kappa shape index (κ2) is 4.16. The first kappa shape index (κ1) is 9.13. The van der Waals surface area contributed by atoms with Gasteiger partial charge in [-0.25, -0.2) is 9.97 Å². The molecule has 0 radical (unpaired) electrons. The van der Waals surface area contributed by atoms with E-state index in [4.69, 9.17) is 11.6 Å². The molecule has 0 saturated carbocycles. The van der Waals surface area contributed by atoms with Crippen molar-refractivity contribution in [3.8, 4) is 0 Å². The molecule has 0 N–H and O–H groups in total. The fourth-order valence-electron chi connectivity index (χ4n) is 0.828. The van der Waals surface area contributed by atoms with Crippen molar-refractivity contribution < 1.29 is 4.79 Å². The maximum absolute atomic E-state index is 11.2. The lowest BCUT2D eigenvalue weighted by Gasteiger charge is -1.96. The molecule has 64 valence electrons. The first-order valence-electron chi connectivity index (χ1n) is 3.74. The zero-order valence-corrected chi connectivity index (χ0v) is 7.51. The fourth-order valence-corrected chi connectivity index (χ4v) is 0.925. The molecule has 0 aliphatic carbocycles. The van der Waals surface area contributed by atoms with E-state index < -0.39 is 0 Å². The van der Waals surface area contributed by atoms with Gasteiger partial charge in [-0.2, -0.15) is 0 Å². The van der Waals surface area contributed by atoms with E-state index in [1.54, 1.807) is 0 Å². The lowest BCUT2D eigenvalue weighted by Crippen LogP contribution is -1.99. The second-order valence-electron chi connectivity index (χ2n) is 2.41. The molecule has 0 saturated heterocycles. The molecule has 0 aliphatic heterocycles. The van der Waals surface area contributed by atoms with E-state index in [1.807, 2.05) is 6.92 Å². The van der Waals surface area contributed by atoms with Gasteiger partial charge in [0.2, 0.25) is 5.28 Å². The third-order valence-electron chi connectivity index (χ3n) is 1.42. The van der Waals surface area contributed by atoms with E-state index in [0.717, 1.165) is 6.42 Å². The second-order valence-corrected chi connectivity index (χ2v) is 2.75. The molecule has 1 rings (SSSR count). The maximum atomic E-state index is 11.2. The van der Waals surface area contributed by atoms with E-state index in [2.05, 4.69) is 9.97 Å². The van der Waals surface area contributed by atoms with Crippen molar-refractivity contribution >= 4 is 17.4 Å². The van der Waals surface area contributed by atoms with Gasteiger partial charge in [-0.1, -0.05) is 6.92 Å². The monoisotopic (exact) mass is 184 g/mol. The zero-order chi connectivity index (χ0) is 8.97. The van der Waals surface area contributed by atoms with Crippen LogP contribution in [0.3, 0.4) is 0 Å². The Morgan fingerprint density at radius 1 is 1.50 bits per heavy atom. The molecule has 1 heterocycles. The van der Waals surface area contributed by atoms with Gasteiger partial charge in [0.15, 0.2) is 5.78 Å². The minimum Gasteiger partial charge on any atom is -0.294 e. The zero-order valence-electron chi connectivity index (χ0n) is 6.75. The Bertz CT molecular complexity index is 271. The van der Waals surface area contributed by atoms with E-state index in [0.29, 0.717) is 12.0 Å². The van der Waals surface area contributed by atoms with Crippen molar-refractivity contribution in [1.29, 1.82) is 0 Å². The van der Waals surface area contributed by atoms with Crippen molar-refractivity contribution in [3.05, 3.63) is 23.2 Å². The first-order chi connectivity index (χ1) is 5.74. The topological polar surface area (TPSA) is 42.9 Å². The highest BCUT2D eigenvalue weighted by molar-refractivity contribution is 6.28. The minimum atomic E-state index is 0.0640. The summed E-state index contributed by atoms with van der Waals surface area (Å²) < 4.78 is 0. The van der Waals surface area contributed by atoms with E-state index in [-0.39, 0.29) is 11.1 Å². The highest BCUT2D eigenvalue weighted by Crippen LogP contribution is 2.04. The third-order valence-corrected chi connectivity index (χ3v) is 1.61. The maximum Gasteiger partial charge on any atom is 0.222 e. The van der Waals surface area contributed by atoms with Crippen molar-refractivity contribution in [2.45, 2.75) is 19.8 Å². The number of Topliss-reactive ketones (excluding diaryl/α,β-unsaturated/α-hetero) is 1. The smallest absolute Gasteiger partial charge is 0.222 e. The summed E-state index contributed by atoms with van der Waals surface area (Å²) in [6.45, 7) is 1.95. The van der Waals surface area contributed by atoms with Crippen LogP contribution in [0.4, 0.5) is 0 Å². The van der Waals surface area contributed by atoms with Gasteiger partial charge in [0.25, 0.3) is 0 Å². The lowest BCUT2D eigenvalue weighted by molar-refractivity contribution is 0.0981. The summed E-state index contributed by atoms with van der Waals surface area (Å²) in [7, 11) is 0. The number of halogens is 1. The van der Waals surface area contributed by atoms with Crippen LogP contribution >= 0.6 is 11.6 Å². The van der Waals surface area contributed by atoms with Crippen LogP contribution in [-0.4, -0.2) is 15.8 Å². The fraction of sp³-hybridized carbons (Fsp3) is 0.375. The predicted octanol–water partition coefficient (Wildman–Crippen LogP) is 2.11. The van der Waals surface area contributed by atoms with Crippen LogP contribution in [0, 0.1) is 0 Å². The van der Waals surface area contributed by atoms with Gasteiger partial charge in [-0.05, 0) is 18.0 Å².